The molecule has 1 saturated heterocycles. The van der Waals surface area contributed by atoms with E-state index >= 15 is 0 Å². The Balaban J connectivity index is 1.70. The molecule has 2 fully saturated rings. The summed E-state index contributed by atoms with van der Waals surface area (Å²) < 4.78 is 12.3. The van der Waals surface area contributed by atoms with E-state index in [1.807, 2.05) is 0 Å². The van der Waals surface area contributed by atoms with Crippen molar-refractivity contribution in [1.29, 1.82) is 0 Å². The Morgan fingerprint density at radius 2 is 2.25 bits per heavy atom. The summed E-state index contributed by atoms with van der Waals surface area (Å²) in [6, 6.07) is 6.41. The molecule has 0 radical (unpaired) electrons. The van der Waals surface area contributed by atoms with Crippen LogP contribution in [0.1, 0.15) is 43.2 Å². The molecule has 1 aromatic carbocycles. The highest BCUT2D eigenvalue weighted by atomic mass is 16.5. The highest BCUT2D eigenvalue weighted by Crippen LogP contribution is 2.43. The second-order valence-electron chi connectivity index (χ2n) is 6.27. The molecular weight excluding hydrogens is 250 g/mol. The number of hydrogen-bond donors (Lipinski definition) is 1. The summed E-state index contributed by atoms with van der Waals surface area (Å²) in [6.45, 7) is 3.61. The van der Waals surface area contributed by atoms with Crippen LogP contribution in [0, 0.1) is 6.92 Å². The van der Waals surface area contributed by atoms with Crippen LogP contribution in [0.4, 0.5) is 0 Å². The molecule has 1 aromatic rings. The fourth-order valence-corrected chi connectivity index (χ4v) is 3.36. The van der Waals surface area contributed by atoms with Crippen molar-refractivity contribution in [1.82, 2.24) is 0 Å². The van der Waals surface area contributed by atoms with Gasteiger partial charge >= 0.3 is 0 Å². The molecule has 110 valence electrons. The maximum atomic E-state index is 6.29. The van der Waals surface area contributed by atoms with Gasteiger partial charge in [0.25, 0.3) is 0 Å². The minimum absolute atomic E-state index is 0.141. The van der Waals surface area contributed by atoms with Crippen LogP contribution in [-0.2, 0) is 11.2 Å². The summed E-state index contributed by atoms with van der Waals surface area (Å²) in [5.41, 5.74) is 8.36. The second-order valence-corrected chi connectivity index (χ2v) is 6.27. The van der Waals surface area contributed by atoms with Crippen LogP contribution in [0.2, 0.25) is 0 Å². The molecule has 0 bridgehead atoms. The molecule has 1 atom stereocenters. The Hall–Kier alpha value is -1.06. The minimum atomic E-state index is 0.141. The minimum Gasteiger partial charge on any atom is -0.490 e. The molecule has 1 spiro atoms. The van der Waals surface area contributed by atoms with Crippen molar-refractivity contribution in [3.63, 3.8) is 0 Å². The van der Waals surface area contributed by atoms with Crippen LogP contribution >= 0.6 is 0 Å². The molecule has 0 amide bonds. The lowest BCUT2D eigenvalue weighted by Gasteiger charge is -2.47. The van der Waals surface area contributed by atoms with Crippen molar-refractivity contribution in [3.05, 3.63) is 29.3 Å². The summed E-state index contributed by atoms with van der Waals surface area (Å²) >= 11 is 0. The Morgan fingerprint density at radius 1 is 1.40 bits per heavy atom. The summed E-state index contributed by atoms with van der Waals surface area (Å²) in [7, 11) is 0. The van der Waals surface area contributed by atoms with Crippen LogP contribution in [0.5, 0.6) is 5.75 Å². The molecule has 1 aliphatic carbocycles. The molecule has 3 heteroatoms. The van der Waals surface area contributed by atoms with Gasteiger partial charge in [-0.25, -0.2) is 0 Å². The van der Waals surface area contributed by atoms with Crippen LogP contribution in [0.15, 0.2) is 18.2 Å². The number of benzene rings is 1. The third-order valence-electron chi connectivity index (χ3n) is 4.64. The largest absolute Gasteiger partial charge is 0.490 e. The van der Waals surface area contributed by atoms with Crippen LogP contribution in [0.3, 0.4) is 0 Å². The zero-order valence-corrected chi connectivity index (χ0v) is 12.4. The lowest BCUT2D eigenvalue weighted by Crippen LogP contribution is -2.48. The summed E-state index contributed by atoms with van der Waals surface area (Å²) in [6.07, 6.45) is 6.93. The first-order valence-corrected chi connectivity index (χ1v) is 7.81. The topological polar surface area (TPSA) is 44.5 Å². The second kappa shape index (κ2) is 5.74. The van der Waals surface area contributed by atoms with Gasteiger partial charge in [-0.3, -0.25) is 0 Å². The molecule has 20 heavy (non-hydrogen) atoms. The smallest absolute Gasteiger partial charge is 0.122 e. The van der Waals surface area contributed by atoms with Gasteiger partial charge in [-0.2, -0.15) is 0 Å². The molecule has 2 N–H and O–H groups in total. The maximum absolute atomic E-state index is 6.29. The van der Waals surface area contributed by atoms with Gasteiger partial charge in [-0.05, 0) is 50.8 Å². The van der Waals surface area contributed by atoms with Gasteiger partial charge in [0, 0.05) is 12.8 Å². The van der Waals surface area contributed by atoms with E-state index in [-0.39, 0.29) is 5.60 Å². The molecule has 0 aromatic heterocycles. The highest BCUT2D eigenvalue weighted by Gasteiger charge is 2.43. The molecule has 2 aliphatic rings. The van der Waals surface area contributed by atoms with Crippen molar-refractivity contribution in [2.75, 3.05) is 13.2 Å². The average molecular weight is 275 g/mol. The SMILES string of the molecule is Cc1ccc(OC2CCOC3(CCC3)C2)c(CCN)c1. The number of aryl methyl sites for hydroxylation is 1. The summed E-state index contributed by atoms with van der Waals surface area (Å²) in [5, 5.41) is 0. The van der Waals surface area contributed by atoms with Crippen molar-refractivity contribution < 1.29 is 9.47 Å². The zero-order chi connectivity index (χ0) is 14.0. The Morgan fingerprint density at radius 3 is 2.95 bits per heavy atom. The molecule has 3 rings (SSSR count). The van der Waals surface area contributed by atoms with Gasteiger partial charge in [0.2, 0.25) is 0 Å². The highest BCUT2D eigenvalue weighted by molar-refractivity contribution is 5.37. The summed E-state index contributed by atoms with van der Waals surface area (Å²) in [4.78, 5) is 0. The fraction of sp³-hybridized carbons (Fsp3) is 0.647. The van der Waals surface area contributed by atoms with Gasteiger partial charge in [-0.15, -0.1) is 0 Å². The first-order valence-electron chi connectivity index (χ1n) is 7.81. The molecule has 3 nitrogen and oxygen atoms in total. The van der Waals surface area contributed by atoms with E-state index in [2.05, 4.69) is 25.1 Å². The monoisotopic (exact) mass is 275 g/mol. The third kappa shape index (κ3) is 2.84. The lowest BCUT2D eigenvalue weighted by molar-refractivity contribution is -0.153. The van der Waals surface area contributed by atoms with Gasteiger partial charge in [-0.1, -0.05) is 17.7 Å². The maximum Gasteiger partial charge on any atom is 0.122 e. The molecule has 1 saturated carbocycles. The first-order chi connectivity index (χ1) is 9.71. The Labute approximate surface area is 121 Å². The lowest BCUT2D eigenvalue weighted by atomic mass is 9.74. The van der Waals surface area contributed by atoms with Crippen molar-refractivity contribution >= 4 is 0 Å². The van der Waals surface area contributed by atoms with Crippen molar-refractivity contribution in [2.45, 2.75) is 57.2 Å². The first kappa shape index (κ1) is 13.9. The van der Waals surface area contributed by atoms with Crippen LogP contribution in [0.25, 0.3) is 0 Å². The van der Waals surface area contributed by atoms with E-state index in [0.717, 1.165) is 31.6 Å². The van der Waals surface area contributed by atoms with E-state index in [0.29, 0.717) is 12.6 Å². The van der Waals surface area contributed by atoms with Gasteiger partial charge in [0.15, 0.2) is 0 Å². The fourth-order valence-electron chi connectivity index (χ4n) is 3.36. The predicted octanol–water partition coefficient (Wildman–Crippen LogP) is 2.98. The van der Waals surface area contributed by atoms with E-state index in [1.54, 1.807) is 0 Å². The van der Waals surface area contributed by atoms with Gasteiger partial charge in [0.1, 0.15) is 11.9 Å². The third-order valence-corrected chi connectivity index (χ3v) is 4.64. The standard InChI is InChI=1S/C17H25NO2/c1-13-3-4-16(14(11-13)5-9-18)20-15-6-10-19-17(12-15)7-2-8-17/h3-4,11,15H,2,5-10,12,18H2,1H3. The van der Waals surface area contributed by atoms with Crippen LogP contribution in [-0.4, -0.2) is 24.9 Å². The van der Waals surface area contributed by atoms with Crippen LogP contribution < -0.4 is 10.5 Å². The quantitative estimate of drug-likeness (QED) is 0.918. The number of ether oxygens (including phenoxy) is 2. The molecule has 1 unspecified atom stereocenters. The average Bonchev–Trinajstić information content (AvgIpc) is 2.41. The molecule has 1 aliphatic heterocycles. The summed E-state index contributed by atoms with van der Waals surface area (Å²) in [5.74, 6) is 1.02. The Kier molecular flexibility index (Phi) is 3.99. The van der Waals surface area contributed by atoms with Crippen molar-refractivity contribution in [3.8, 4) is 5.75 Å². The van der Waals surface area contributed by atoms with E-state index in [1.165, 1.54) is 30.4 Å². The predicted molar refractivity (Wildman–Crippen MR) is 80.1 cm³/mol. The number of hydrogen-bond acceptors (Lipinski definition) is 3. The molecule has 1 heterocycles. The van der Waals surface area contributed by atoms with Crippen molar-refractivity contribution in [2.24, 2.45) is 5.73 Å². The van der Waals surface area contributed by atoms with E-state index in [4.69, 9.17) is 15.2 Å². The van der Waals surface area contributed by atoms with Gasteiger partial charge in [0.05, 0.1) is 12.2 Å². The molecular formula is C17H25NO2. The number of nitrogens with two attached hydrogens (primary N) is 1. The zero-order valence-electron chi connectivity index (χ0n) is 12.4. The number of rotatable bonds is 4. The van der Waals surface area contributed by atoms with E-state index < -0.39 is 0 Å². The van der Waals surface area contributed by atoms with Gasteiger partial charge < -0.3 is 15.2 Å². The van der Waals surface area contributed by atoms with E-state index in [9.17, 15) is 0 Å². The normalized spacial score (nSPS) is 24.4. The Bertz CT molecular complexity index is 468.